The van der Waals surface area contributed by atoms with E-state index in [-0.39, 0.29) is 5.41 Å². The molecule has 84 valence electrons. The fourth-order valence-electron chi connectivity index (χ4n) is 3.94. The van der Waals surface area contributed by atoms with Gasteiger partial charge in [-0.25, -0.2) is 0 Å². The molecule has 15 heavy (non-hydrogen) atoms. The van der Waals surface area contributed by atoms with Crippen LogP contribution in [0.15, 0.2) is 0 Å². The second-order valence-corrected chi connectivity index (χ2v) is 6.46. The molecular formula is C13H20O2. The molecule has 3 fully saturated rings. The second-order valence-electron chi connectivity index (χ2n) is 6.46. The van der Waals surface area contributed by atoms with Crippen LogP contribution in [0.25, 0.3) is 0 Å². The average molecular weight is 208 g/mol. The molecule has 0 amide bonds. The quantitative estimate of drug-likeness (QED) is 0.771. The minimum absolute atomic E-state index is 0.219. The topological polar surface area (TPSA) is 37.3 Å². The highest BCUT2D eigenvalue weighted by Gasteiger charge is 2.61. The van der Waals surface area contributed by atoms with Crippen molar-refractivity contribution in [3.63, 3.8) is 0 Å². The largest absolute Gasteiger partial charge is 0.481 e. The van der Waals surface area contributed by atoms with Crippen LogP contribution in [0.5, 0.6) is 0 Å². The highest BCUT2D eigenvalue weighted by molar-refractivity contribution is 5.68. The van der Waals surface area contributed by atoms with E-state index in [4.69, 9.17) is 5.11 Å². The monoisotopic (exact) mass is 208 g/mol. The number of hydrogen-bond donors (Lipinski definition) is 1. The lowest BCUT2D eigenvalue weighted by molar-refractivity contribution is -0.138. The molecule has 3 atom stereocenters. The zero-order valence-electron chi connectivity index (χ0n) is 9.46. The van der Waals surface area contributed by atoms with Gasteiger partial charge in [0.05, 0.1) is 6.42 Å². The number of hydrogen-bond acceptors (Lipinski definition) is 1. The summed E-state index contributed by atoms with van der Waals surface area (Å²) in [4.78, 5) is 10.8. The van der Waals surface area contributed by atoms with Crippen molar-refractivity contribution in [1.29, 1.82) is 0 Å². The van der Waals surface area contributed by atoms with Crippen molar-refractivity contribution in [1.82, 2.24) is 0 Å². The standard InChI is InChI=1S/C13H20O2/c1-12-6-9(12)2-3-10(12)7-13(4-5-13)8-11(14)15/h9-10H,2-8H2,1H3,(H,14,15). The van der Waals surface area contributed by atoms with E-state index in [1.54, 1.807) is 0 Å². The number of carboxylic acid groups (broad SMARTS) is 1. The SMILES string of the molecule is CC12CC1CCC2CC1(CC(=O)O)CC1. The molecule has 3 unspecified atom stereocenters. The van der Waals surface area contributed by atoms with Gasteiger partial charge in [0.25, 0.3) is 0 Å². The summed E-state index contributed by atoms with van der Waals surface area (Å²) >= 11 is 0. The van der Waals surface area contributed by atoms with Crippen molar-refractivity contribution in [2.24, 2.45) is 22.7 Å². The van der Waals surface area contributed by atoms with E-state index in [1.807, 2.05) is 0 Å². The molecular weight excluding hydrogens is 188 g/mol. The normalized spacial score (nSPS) is 44.9. The Morgan fingerprint density at radius 2 is 2.13 bits per heavy atom. The number of carbonyl (C=O) groups is 1. The molecule has 0 aromatic carbocycles. The predicted octanol–water partition coefficient (Wildman–Crippen LogP) is 3.07. The molecule has 3 aliphatic carbocycles. The van der Waals surface area contributed by atoms with Crippen LogP contribution in [-0.4, -0.2) is 11.1 Å². The van der Waals surface area contributed by atoms with E-state index in [0.29, 0.717) is 11.8 Å². The van der Waals surface area contributed by atoms with Crippen LogP contribution in [0.1, 0.15) is 51.9 Å². The van der Waals surface area contributed by atoms with Gasteiger partial charge < -0.3 is 5.11 Å². The smallest absolute Gasteiger partial charge is 0.303 e. The highest BCUT2D eigenvalue weighted by Crippen LogP contribution is 2.70. The lowest BCUT2D eigenvalue weighted by atomic mass is 9.81. The summed E-state index contributed by atoms with van der Waals surface area (Å²) in [7, 11) is 0. The van der Waals surface area contributed by atoms with Crippen LogP contribution in [0.4, 0.5) is 0 Å². The Morgan fingerprint density at radius 1 is 1.40 bits per heavy atom. The Balaban J connectivity index is 1.63. The Labute approximate surface area is 91.1 Å². The van der Waals surface area contributed by atoms with Crippen molar-refractivity contribution < 1.29 is 9.90 Å². The summed E-state index contributed by atoms with van der Waals surface area (Å²) in [5, 5.41) is 8.90. The molecule has 0 aliphatic heterocycles. The van der Waals surface area contributed by atoms with Gasteiger partial charge in [-0.1, -0.05) is 6.92 Å². The third-order valence-corrected chi connectivity index (χ3v) is 5.42. The molecule has 0 aromatic rings. The maximum absolute atomic E-state index is 10.8. The second kappa shape index (κ2) is 2.78. The summed E-state index contributed by atoms with van der Waals surface area (Å²) in [5.74, 6) is 1.23. The van der Waals surface area contributed by atoms with Gasteiger partial charge in [0, 0.05) is 0 Å². The molecule has 0 radical (unpaired) electrons. The van der Waals surface area contributed by atoms with E-state index in [2.05, 4.69) is 6.92 Å². The molecule has 1 N–H and O–H groups in total. The first-order valence-electron chi connectivity index (χ1n) is 6.26. The minimum Gasteiger partial charge on any atom is -0.481 e. The van der Waals surface area contributed by atoms with Crippen LogP contribution < -0.4 is 0 Å². The van der Waals surface area contributed by atoms with Crippen LogP contribution >= 0.6 is 0 Å². The molecule has 2 heteroatoms. The molecule has 0 spiro atoms. The number of rotatable bonds is 4. The maximum atomic E-state index is 10.8. The number of fused-ring (bicyclic) bond motifs is 1. The summed E-state index contributed by atoms with van der Waals surface area (Å²) < 4.78 is 0. The van der Waals surface area contributed by atoms with E-state index in [9.17, 15) is 4.79 Å². The Kier molecular flexibility index (Phi) is 1.79. The summed E-state index contributed by atoms with van der Waals surface area (Å²) in [6, 6.07) is 0. The van der Waals surface area contributed by atoms with Gasteiger partial charge in [0.1, 0.15) is 0 Å². The van der Waals surface area contributed by atoms with Gasteiger partial charge in [-0.2, -0.15) is 0 Å². The Hall–Kier alpha value is -0.530. The molecule has 0 heterocycles. The fraction of sp³-hybridized carbons (Fsp3) is 0.923. The lowest BCUT2D eigenvalue weighted by Crippen LogP contribution is -2.18. The van der Waals surface area contributed by atoms with Crippen LogP contribution in [0.2, 0.25) is 0 Å². The molecule has 2 nitrogen and oxygen atoms in total. The van der Waals surface area contributed by atoms with Gasteiger partial charge in [-0.05, 0) is 61.2 Å². The molecule has 0 aromatic heterocycles. The van der Waals surface area contributed by atoms with Crippen LogP contribution in [-0.2, 0) is 4.79 Å². The maximum Gasteiger partial charge on any atom is 0.303 e. The Morgan fingerprint density at radius 3 is 2.53 bits per heavy atom. The van der Waals surface area contributed by atoms with Crippen molar-refractivity contribution >= 4 is 5.97 Å². The molecule has 3 saturated carbocycles. The fourth-order valence-corrected chi connectivity index (χ4v) is 3.94. The summed E-state index contributed by atoms with van der Waals surface area (Å²) in [6.07, 6.45) is 8.14. The zero-order valence-corrected chi connectivity index (χ0v) is 9.46. The minimum atomic E-state index is -0.594. The molecule has 3 aliphatic rings. The van der Waals surface area contributed by atoms with Crippen LogP contribution in [0, 0.1) is 22.7 Å². The van der Waals surface area contributed by atoms with E-state index in [1.165, 1.54) is 25.7 Å². The first-order chi connectivity index (χ1) is 7.04. The van der Waals surface area contributed by atoms with Crippen molar-refractivity contribution in [3.8, 4) is 0 Å². The zero-order chi connectivity index (χ0) is 10.7. The van der Waals surface area contributed by atoms with Gasteiger partial charge in [0.2, 0.25) is 0 Å². The van der Waals surface area contributed by atoms with E-state index in [0.717, 1.165) is 24.7 Å². The first kappa shape index (κ1) is 9.68. The van der Waals surface area contributed by atoms with Gasteiger partial charge in [-0.3, -0.25) is 4.79 Å². The van der Waals surface area contributed by atoms with E-state index < -0.39 is 5.97 Å². The predicted molar refractivity (Wildman–Crippen MR) is 57.5 cm³/mol. The van der Waals surface area contributed by atoms with Gasteiger partial charge in [0.15, 0.2) is 0 Å². The van der Waals surface area contributed by atoms with E-state index >= 15 is 0 Å². The third-order valence-electron chi connectivity index (χ3n) is 5.42. The Bertz CT molecular complexity index is 304. The molecule has 0 bridgehead atoms. The van der Waals surface area contributed by atoms with Crippen LogP contribution in [0.3, 0.4) is 0 Å². The van der Waals surface area contributed by atoms with Gasteiger partial charge >= 0.3 is 5.97 Å². The molecule has 0 saturated heterocycles. The van der Waals surface area contributed by atoms with Crippen molar-refractivity contribution in [3.05, 3.63) is 0 Å². The van der Waals surface area contributed by atoms with Gasteiger partial charge in [-0.15, -0.1) is 0 Å². The average Bonchev–Trinajstić information content (AvgIpc) is 2.98. The lowest BCUT2D eigenvalue weighted by Gasteiger charge is -2.24. The summed E-state index contributed by atoms with van der Waals surface area (Å²) in [5.41, 5.74) is 0.838. The third kappa shape index (κ3) is 1.49. The number of aliphatic carboxylic acids is 1. The van der Waals surface area contributed by atoms with Crippen molar-refractivity contribution in [2.45, 2.75) is 51.9 Å². The highest BCUT2D eigenvalue weighted by atomic mass is 16.4. The number of carboxylic acids is 1. The summed E-state index contributed by atoms with van der Waals surface area (Å²) in [6.45, 7) is 2.42. The first-order valence-corrected chi connectivity index (χ1v) is 6.26. The molecule has 3 rings (SSSR count). The van der Waals surface area contributed by atoms with Crippen molar-refractivity contribution in [2.75, 3.05) is 0 Å².